The number of piperidine rings is 2. The van der Waals surface area contributed by atoms with Crippen LogP contribution in [0.15, 0.2) is 12.4 Å². The van der Waals surface area contributed by atoms with Crippen molar-refractivity contribution < 1.29 is 26.9 Å². The van der Waals surface area contributed by atoms with Crippen molar-refractivity contribution in [3.63, 3.8) is 0 Å². The number of pyridine rings is 1. The van der Waals surface area contributed by atoms with Gasteiger partial charge in [-0.1, -0.05) is 6.92 Å². The molecule has 2 aliphatic heterocycles. The van der Waals surface area contributed by atoms with Crippen molar-refractivity contribution in [2.24, 2.45) is 5.41 Å². The molecule has 2 saturated heterocycles. The molecule has 2 aliphatic carbocycles. The van der Waals surface area contributed by atoms with Crippen LogP contribution in [0.1, 0.15) is 57.4 Å². The lowest BCUT2D eigenvalue weighted by molar-refractivity contribution is -0.193. The molecule has 6 rings (SSSR count). The number of halogens is 1. The first kappa shape index (κ1) is 20.7. The number of amides is 1. The number of nitrogens with zero attached hydrogens (tertiary/aromatic N) is 2. The minimum absolute atomic E-state index is 0.0245. The van der Waals surface area contributed by atoms with Crippen LogP contribution in [0.5, 0.6) is 5.75 Å². The summed E-state index contributed by atoms with van der Waals surface area (Å²) in [6.07, 6.45) is 7.04. The number of nitrogens with one attached hydrogen (secondary N) is 1. The summed E-state index contributed by atoms with van der Waals surface area (Å²) in [6.45, 7) is 3.90. The van der Waals surface area contributed by atoms with E-state index in [1.54, 1.807) is 13.1 Å². The number of aromatic amines is 1. The monoisotopic (exact) mass is 451 g/mol. The summed E-state index contributed by atoms with van der Waals surface area (Å²) in [5.41, 5.74) is -0.0255. The highest BCUT2D eigenvalue weighted by Crippen LogP contribution is 2.58. The fourth-order valence-corrected chi connectivity index (χ4v) is 6.88. The summed E-state index contributed by atoms with van der Waals surface area (Å²) in [7, 11) is -3.93. The topological polar surface area (TPSA) is 113 Å². The van der Waals surface area contributed by atoms with Crippen LogP contribution in [0.25, 0.3) is 11.0 Å². The van der Waals surface area contributed by atoms with E-state index in [-0.39, 0.29) is 34.4 Å². The molecular weight excluding hydrogens is 425 g/mol. The molecule has 10 heteroatoms. The maximum atomic E-state index is 15.1. The number of aromatic nitrogens is 2. The minimum atomic E-state index is -3.93. The quantitative estimate of drug-likeness (QED) is 0.691. The molecule has 8 nitrogen and oxygen atoms in total. The van der Waals surface area contributed by atoms with Gasteiger partial charge in [0.05, 0.1) is 29.4 Å². The lowest BCUT2D eigenvalue weighted by Crippen LogP contribution is -2.68. The molecule has 1 amide bonds. The highest BCUT2D eigenvalue weighted by atomic mass is 32.2. The van der Waals surface area contributed by atoms with Gasteiger partial charge in [-0.25, -0.2) is 9.37 Å². The Morgan fingerprint density at radius 2 is 2.00 bits per heavy atom. The molecule has 2 saturated carbocycles. The standard InChI is InChI=1S/C21H26FN3O5S/c1-11(14-8-23-18-16(14)17(22)15(9-24-18)30-31(3,28)29)19(26)25-12-4-20(2)5-13(25)7-21(27,6-12)10-20/h8-9,11-13,27H,4-7,10H2,1-3H3,(H,23,24). The molecule has 2 N–H and O–H groups in total. The third-order valence-corrected chi connectivity index (χ3v) is 7.68. The number of fused-ring (bicyclic) bond motifs is 1. The fraction of sp³-hybridized carbons (Fsp3) is 0.619. The molecule has 4 aliphatic rings. The predicted octanol–water partition coefficient (Wildman–Crippen LogP) is 2.44. The van der Waals surface area contributed by atoms with Gasteiger partial charge >= 0.3 is 10.1 Å². The Labute approximate surface area is 179 Å². The number of aliphatic hydroxyl groups is 1. The van der Waals surface area contributed by atoms with Crippen LogP contribution in [-0.2, 0) is 14.9 Å². The van der Waals surface area contributed by atoms with Crippen molar-refractivity contribution in [3.8, 4) is 5.75 Å². The molecule has 4 heterocycles. The van der Waals surface area contributed by atoms with Gasteiger partial charge in [-0.05, 0) is 50.0 Å². The second kappa shape index (κ2) is 6.41. The van der Waals surface area contributed by atoms with Crippen LogP contribution in [0, 0.1) is 11.2 Å². The number of rotatable bonds is 4. The van der Waals surface area contributed by atoms with E-state index in [0.29, 0.717) is 18.4 Å². The van der Waals surface area contributed by atoms with Gasteiger partial charge in [0.15, 0.2) is 11.6 Å². The van der Waals surface area contributed by atoms with E-state index in [4.69, 9.17) is 4.18 Å². The molecule has 4 fully saturated rings. The molecule has 168 valence electrons. The van der Waals surface area contributed by atoms with Crippen molar-refractivity contribution in [1.29, 1.82) is 0 Å². The normalized spacial score (nSPS) is 33.1. The third kappa shape index (κ3) is 3.31. The van der Waals surface area contributed by atoms with E-state index < -0.39 is 33.2 Å². The van der Waals surface area contributed by atoms with Gasteiger partial charge in [-0.15, -0.1) is 0 Å². The number of hydrogen-bond acceptors (Lipinski definition) is 6. The maximum absolute atomic E-state index is 15.1. The first-order valence-electron chi connectivity index (χ1n) is 10.5. The van der Waals surface area contributed by atoms with Crippen LogP contribution in [0.3, 0.4) is 0 Å². The highest BCUT2D eigenvalue weighted by molar-refractivity contribution is 7.86. The number of H-pyrrole nitrogens is 1. The van der Waals surface area contributed by atoms with Gasteiger partial charge in [0, 0.05) is 18.3 Å². The summed E-state index contributed by atoms with van der Waals surface area (Å²) < 4.78 is 42.8. The van der Waals surface area contributed by atoms with Gasteiger partial charge in [0.1, 0.15) is 5.65 Å². The Balaban J connectivity index is 1.49. The predicted molar refractivity (Wildman–Crippen MR) is 111 cm³/mol. The highest BCUT2D eigenvalue weighted by Gasteiger charge is 2.59. The van der Waals surface area contributed by atoms with Gasteiger partial charge in [0.25, 0.3) is 0 Å². The first-order chi connectivity index (χ1) is 14.4. The van der Waals surface area contributed by atoms with Gasteiger partial charge in [-0.2, -0.15) is 8.42 Å². The molecule has 31 heavy (non-hydrogen) atoms. The maximum Gasteiger partial charge on any atom is 0.306 e. The van der Waals surface area contributed by atoms with Crippen molar-refractivity contribution in [2.45, 2.75) is 69.6 Å². The smallest absolute Gasteiger partial charge is 0.306 e. The van der Waals surface area contributed by atoms with E-state index in [9.17, 15) is 18.3 Å². The lowest BCUT2D eigenvalue weighted by Gasteiger charge is -2.63. The van der Waals surface area contributed by atoms with E-state index in [1.165, 1.54) is 0 Å². The summed E-state index contributed by atoms with van der Waals surface area (Å²) >= 11 is 0. The van der Waals surface area contributed by atoms with E-state index in [0.717, 1.165) is 31.7 Å². The van der Waals surface area contributed by atoms with Crippen LogP contribution in [-0.4, -0.2) is 58.2 Å². The van der Waals surface area contributed by atoms with Crippen LogP contribution in [0.2, 0.25) is 0 Å². The molecule has 2 aromatic rings. The molecule has 3 unspecified atom stereocenters. The molecule has 4 bridgehead atoms. The Morgan fingerprint density at radius 1 is 1.35 bits per heavy atom. The Morgan fingerprint density at radius 3 is 2.58 bits per heavy atom. The van der Waals surface area contributed by atoms with Gasteiger partial charge in [0.2, 0.25) is 5.91 Å². The van der Waals surface area contributed by atoms with E-state index >= 15 is 4.39 Å². The fourth-order valence-electron chi connectivity index (χ4n) is 6.44. The van der Waals surface area contributed by atoms with E-state index in [1.807, 2.05) is 4.90 Å². The first-order valence-corrected chi connectivity index (χ1v) is 12.3. The average Bonchev–Trinajstić information content (AvgIpc) is 3.04. The van der Waals surface area contributed by atoms with Crippen molar-refractivity contribution in [3.05, 3.63) is 23.8 Å². The largest absolute Gasteiger partial charge is 0.390 e. The molecule has 3 atom stereocenters. The summed E-state index contributed by atoms with van der Waals surface area (Å²) in [6, 6.07) is -0.0491. The summed E-state index contributed by atoms with van der Waals surface area (Å²) in [5, 5.41) is 11.0. The van der Waals surface area contributed by atoms with Crippen molar-refractivity contribution in [1.82, 2.24) is 14.9 Å². The molecule has 0 aromatic carbocycles. The average molecular weight is 452 g/mol. The van der Waals surface area contributed by atoms with Crippen molar-refractivity contribution in [2.75, 3.05) is 6.26 Å². The zero-order valence-corrected chi connectivity index (χ0v) is 18.5. The number of carbonyl (C=O) groups excluding carboxylic acids is 1. The SMILES string of the molecule is CC(C(=O)N1C2CC3(C)CC1CC(O)(C2)C3)c1c[nH]c2ncc(OS(C)(=O)=O)c(F)c12. The second-order valence-electron chi connectivity index (χ2n) is 9.99. The summed E-state index contributed by atoms with van der Waals surface area (Å²) in [5.74, 6) is -2.15. The number of carbonyl (C=O) groups is 1. The zero-order valence-electron chi connectivity index (χ0n) is 17.7. The van der Waals surface area contributed by atoms with Crippen LogP contribution < -0.4 is 4.18 Å². The number of hydrogen-bond donors (Lipinski definition) is 2. The van der Waals surface area contributed by atoms with Crippen LogP contribution >= 0.6 is 0 Å². The summed E-state index contributed by atoms with van der Waals surface area (Å²) in [4.78, 5) is 22.4. The molecule has 2 aromatic heterocycles. The zero-order chi connectivity index (χ0) is 22.3. The van der Waals surface area contributed by atoms with E-state index in [2.05, 4.69) is 16.9 Å². The van der Waals surface area contributed by atoms with Gasteiger partial charge in [-0.3, -0.25) is 4.79 Å². The van der Waals surface area contributed by atoms with Crippen LogP contribution in [0.4, 0.5) is 4.39 Å². The molecule has 0 radical (unpaired) electrons. The molecular formula is C21H26FN3O5S. The Kier molecular flexibility index (Phi) is 4.28. The third-order valence-electron chi connectivity index (χ3n) is 7.20. The van der Waals surface area contributed by atoms with Crippen molar-refractivity contribution >= 4 is 27.1 Å². The lowest BCUT2D eigenvalue weighted by atomic mass is 9.54. The Bertz CT molecular complexity index is 1160. The van der Waals surface area contributed by atoms with Gasteiger partial charge < -0.3 is 19.2 Å². The second-order valence-corrected chi connectivity index (χ2v) is 11.6. The minimum Gasteiger partial charge on any atom is -0.390 e. The Hall–Kier alpha value is -2.20. The molecule has 0 spiro atoms.